The highest BCUT2D eigenvalue weighted by molar-refractivity contribution is 6.16. The number of carboxylic acids is 1. The highest BCUT2D eigenvalue weighted by atomic mass is 35.5. The first kappa shape index (κ1) is 20.8. The van der Waals surface area contributed by atoms with E-state index in [1.165, 1.54) is 0 Å². The third-order valence-corrected chi connectivity index (χ3v) is 4.23. The number of ether oxygens (including phenoxy) is 2. The monoisotopic (exact) mass is 389 g/mol. The number of alkyl halides is 1. The van der Waals surface area contributed by atoms with Crippen molar-refractivity contribution in [3.8, 4) is 11.5 Å². The Kier molecular flexibility index (Phi) is 8.14. The predicted molar refractivity (Wildman–Crippen MR) is 106 cm³/mol. The van der Waals surface area contributed by atoms with Gasteiger partial charge in [0.25, 0.3) is 0 Å². The van der Waals surface area contributed by atoms with Crippen molar-refractivity contribution in [2.45, 2.75) is 38.2 Å². The lowest BCUT2D eigenvalue weighted by atomic mass is 10.0. The van der Waals surface area contributed by atoms with E-state index in [1.54, 1.807) is 19.3 Å². The van der Waals surface area contributed by atoms with Crippen molar-refractivity contribution < 1.29 is 19.4 Å². The van der Waals surface area contributed by atoms with E-state index in [-0.39, 0.29) is 18.4 Å². The minimum Gasteiger partial charge on any atom is -0.497 e. The molecule has 0 fully saturated rings. The lowest BCUT2D eigenvalue weighted by molar-refractivity contribution is -0.135. The maximum absolute atomic E-state index is 10.8. The molecule has 1 unspecified atom stereocenters. The van der Waals surface area contributed by atoms with Gasteiger partial charge in [0.05, 0.1) is 25.1 Å². The number of methoxy groups -OCH3 is 1. The van der Waals surface area contributed by atoms with Gasteiger partial charge in [-0.2, -0.15) is 0 Å². The Morgan fingerprint density at radius 3 is 2.59 bits per heavy atom. The average Bonchev–Trinajstić information content (AvgIpc) is 2.68. The van der Waals surface area contributed by atoms with Crippen LogP contribution in [0.5, 0.6) is 11.5 Å². The summed E-state index contributed by atoms with van der Waals surface area (Å²) in [6.45, 7) is 2.10. The van der Waals surface area contributed by atoms with Gasteiger partial charge in [-0.1, -0.05) is 31.6 Å². The molecule has 0 radical (unpaired) electrons. The van der Waals surface area contributed by atoms with Crippen LogP contribution < -0.4 is 9.47 Å². The lowest BCUT2D eigenvalue weighted by Crippen LogP contribution is -2.09. The molecule has 0 aliphatic heterocycles. The standard InChI is InChI=1S/C21H24ClNO4/c1-3-5-19(15-8-11-17(26-2)12-9-15)27-20-13-10-16(14-22)23-18(20)6-4-7-21(24)25/h4,6,8-13,19H,3,5,7,14H2,1-2H3,(H,24,25). The molecule has 1 N–H and O–H groups in total. The summed E-state index contributed by atoms with van der Waals surface area (Å²) in [6.07, 6.45) is 4.78. The van der Waals surface area contributed by atoms with E-state index in [0.717, 1.165) is 24.2 Å². The molecule has 0 spiro atoms. The molecule has 1 heterocycles. The number of halogens is 1. The number of carboxylic acid groups (broad SMARTS) is 1. The van der Waals surface area contributed by atoms with E-state index >= 15 is 0 Å². The topological polar surface area (TPSA) is 68.7 Å². The van der Waals surface area contributed by atoms with Crippen LogP contribution in [0.15, 0.2) is 42.5 Å². The summed E-state index contributed by atoms with van der Waals surface area (Å²) in [5.41, 5.74) is 2.32. The summed E-state index contributed by atoms with van der Waals surface area (Å²) >= 11 is 5.88. The summed E-state index contributed by atoms with van der Waals surface area (Å²) in [5.74, 6) is 0.764. The second-order valence-electron chi connectivity index (χ2n) is 5.99. The Balaban J connectivity index is 2.29. The molecule has 0 aliphatic rings. The average molecular weight is 390 g/mol. The number of aromatic nitrogens is 1. The quantitative estimate of drug-likeness (QED) is 0.563. The van der Waals surface area contributed by atoms with E-state index in [1.807, 2.05) is 36.4 Å². The first-order chi connectivity index (χ1) is 13.1. The fraction of sp³-hybridized carbons (Fsp3) is 0.333. The Morgan fingerprint density at radius 1 is 1.26 bits per heavy atom. The molecule has 1 atom stereocenters. The van der Waals surface area contributed by atoms with E-state index in [9.17, 15) is 4.79 Å². The first-order valence-electron chi connectivity index (χ1n) is 8.82. The predicted octanol–water partition coefficient (Wildman–Crippen LogP) is 5.24. The molecule has 5 nitrogen and oxygen atoms in total. The number of nitrogens with zero attached hydrogens (tertiary/aromatic N) is 1. The maximum atomic E-state index is 10.8. The van der Waals surface area contributed by atoms with Crippen LogP contribution in [0.1, 0.15) is 49.2 Å². The summed E-state index contributed by atoms with van der Waals surface area (Å²) in [5, 5.41) is 8.83. The van der Waals surface area contributed by atoms with Gasteiger partial charge < -0.3 is 14.6 Å². The molecule has 0 amide bonds. The molecule has 0 saturated heterocycles. The second-order valence-corrected chi connectivity index (χ2v) is 6.26. The molecular weight excluding hydrogens is 366 g/mol. The second kappa shape index (κ2) is 10.6. The van der Waals surface area contributed by atoms with Crippen LogP contribution in [0.25, 0.3) is 6.08 Å². The fourth-order valence-electron chi connectivity index (χ4n) is 2.60. The Morgan fingerprint density at radius 2 is 2.00 bits per heavy atom. The van der Waals surface area contributed by atoms with Crippen molar-refractivity contribution in [1.29, 1.82) is 0 Å². The molecule has 0 bridgehead atoms. The first-order valence-corrected chi connectivity index (χ1v) is 9.35. The number of benzene rings is 1. The molecule has 0 saturated carbocycles. The van der Waals surface area contributed by atoms with Gasteiger partial charge in [0, 0.05) is 0 Å². The Bertz CT molecular complexity index is 774. The molecule has 27 heavy (non-hydrogen) atoms. The van der Waals surface area contributed by atoms with Crippen LogP contribution in [0, 0.1) is 0 Å². The zero-order valence-corrected chi connectivity index (χ0v) is 16.3. The van der Waals surface area contributed by atoms with Crippen LogP contribution in [0.4, 0.5) is 0 Å². The third kappa shape index (κ3) is 6.29. The van der Waals surface area contributed by atoms with Crippen LogP contribution >= 0.6 is 11.6 Å². The smallest absolute Gasteiger partial charge is 0.307 e. The van der Waals surface area contributed by atoms with Gasteiger partial charge in [0.15, 0.2) is 0 Å². The van der Waals surface area contributed by atoms with Gasteiger partial charge in [-0.15, -0.1) is 11.6 Å². The van der Waals surface area contributed by atoms with Crippen molar-refractivity contribution in [2.75, 3.05) is 7.11 Å². The van der Waals surface area contributed by atoms with Crippen molar-refractivity contribution in [3.63, 3.8) is 0 Å². The van der Waals surface area contributed by atoms with Crippen molar-refractivity contribution in [2.24, 2.45) is 0 Å². The zero-order chi connectivity index (χ0) is 19.6. The van der Waals surface area contributed by atoms with Crippen molar-refractivity contribution in [3.05, 3.63) is 59.4 Å². The number of rotatable bonds is 10. The highest BCUT2D eigenvalue weighted by Gasteiger charge is 2.15. The molecule has 1 aromatic heterocycles. The minimum absolute atomic E-state index is 0.0803. The minimum atomic E-state index is -0.899. The molecule has 6 heteroatoms. The summed E-state index contributed by atoms with van der Waals surface area (Å²) in [4.78, 5) is 15.2. The van der Waals surface area contributed by atoms with E-state index in [2.05, 4.69) is 11.9 Å². The molecule has 144 valence electrons. The van der Waals surface area contributed by atoms with E-state index in [0.29, 0.717) is 17.1 Å². The molecule has 2 aromatic rings. The molecule has 2 rings (SSSR count). The van der Waals surface area contributed by atoms with E-state index in [4.69, 9.17) is 26.2 Å². The van der Waals surface area contributed by atoms with Crippen LogP contribution in [-0.4, -0.2) is 23.2 Å². The van der Waals surface area contributed by atoms with Crippen LogP contribution in [-0.2, 0) is 10.7 Å². The molecular formula is C21H24ClNO4. The van der Waals surface area contributed by atoms with Gasteiger partial charge in [-0.3, -0.25) is 4.79 Å². The number of hydrogen-bond donors (Lipinski definition) is 1. The van der Waals surface area contributed by atoms with Gasteiger partial charge in [0.2, 0.25) is 0 Å². The van der Waals surface area contributed by atoms with Crippen molar-refractivity contribution in [1.82, 2.24) is 4.98 Å². The zero-order valence-electron chi connectivity index (χ0n) is 15.5. The maximum Gasteiger partial charge on any atom is 0.307 e. The molecule has 0 aliphatic carbocycles. The number of carbonyl (C=O) groups is 1. The Hall–Kier alpha value is -2.53. The van der Waals surface area contributed by atoms with Crippen molar-refractivity contribution >= 4 is 23.6 Å². The third-order valence-electron chi connectivity index (χ3n) is 3.96. The SMILES string of the molecule is CCCC(Oc1ccc(CCl)nc1C=CCC(=O)O)c1ccc(OC)cc1. The molecule has 1 aromatic carbocycles. The summed E-state index contributed by atoms with van der Waals surface area (Å²) < 4.78 is 11.5. The van der Waals surface area contributed by atoms with Gasteiger partial charge in [-0.25, -0.2) is 4.98 Å². The van der Waals surface area contributed by atoms with Gasteiger partial charge in [-0.05, 0) is 42.3 Å². The Labute approximate surface area is 164 Å². The number of pyridine rings is 1. The highest BCUT2D eigenvalue weighted by Crippen LogP contribution is 2.30. The lowest BCUT2D eigenvalue weighted by Gasteiger charge is -2.20. The fourth-order valence-corrected chi connectivity index (χ4v) is 2.75. The van der Waals surface area contributed by atoms with Gasteiger partial charge >= 0.3 is 5.97 Å². The number of aliphatic carboxylic acids is 1. The van der Waals surface area contributed by atoms with Crippen LogP contribution in [0.3, 0.4) is 0 Å². The number of hydrogen-bond acceptors (Lipinski definition) is 4. The van der Waals surface area contributed by atoms with Gasteiger partial charge in [0.1, 0.15) is 23.3 Å². The largest absolute Gasteiger partial charge is 0.497 e. The van der Waals surface area contributed by atoms with E-state index < -0.39 is 5.97 Å². The summed E-state index contributed by atoms with van der Waals surface area (Å²) in [6, 6.07) is 11.4. The normalized spacial score (nSPS) is 12.1. The van der Waals surface area contributed by atoms with Crippen LogP contribution in [0.2, 0.25) is 0 Å². The summed E-state index contributed by atoms with van der Waals surface area (Å²) in [7, 11) is 1.63.